The average molecular weight is 297 g/mol. The van der Waals surface area contributed by atoms with Crippen LogP contribution in [0.2, 0.25) is 5.02 Å². The number of nitrogens with one attached hydrogen (secondary N) is 1. The van der Waals surface area contributed by atoms with E-state index in [1.54, 1.807) is 12.1 Å². The smallest absolute Gasteiger partial charge is 0.226 e. The highest BCUT2D eigenvalue weighted by Crippen LogP contribution is 2.51. The number of piperazine rings is 1. The summed E-state index contributed by atoms with van der Waals surface area (Å²) in [7, 11) is 0. The van der Waals surface area contributed by atoms with Gasteiger partial charge in [0, 0.05) is 48.1 Å². The van der Waals surface area contributed by atoms with Crippen molar-refractivity contribution < 1.29 is 9.18 Å². The van der Waals surface area contributed by atoms with Gasteiger partial charge in [-0.2, -0.15) is 0 Å². The Balaban J connectivity index is 1.74. The first-order valence-corrected chi connectivity index (χ1v) is 7.42. The molecule has 2 aliphatic rings. The van der Waals surface area contributed by atoms with Gasteiger partial charge in [-0.3, -0.25) is 4.79 Å². The van der Waals surface area contributed by atoms with E-state index in [9.17, 15) is 9.18 Å². The first kappa shape index (κ1) is 13.8. The molecule has 1 N–H and O–H groups in total. The zero-order valence-corrected chi connectivity index (χ0v) is 12.2. The van der Waals surface area contributed by atoms with Crippen LogP contribution < -0.4 is 5.32 Å². The lowest BCUT2D eigenvalue weighted by Gasteiger charge is -2.34. The topological polar surface area (TPSA) is 32.3 Å². The molecule has 1 saturated carbocycles. The maximum absolute atomic E-state index is 13.9. The van der Waals surface area contributed by atoms with Crippen molar-refractivity contribution in [3.8, 4) is 0 Å². The molecule has 2 fully saturated rings. The number of carbonyl (C=O) groups is 1. The molecule has 1 aromatic carbocycles. The van der Waals surface area contributed by atoms with Gasteiger partial charge in [0.15, 0.2) is 0 Å². The predicted molar refractivity (Wildman–Crippen MR) is 76.3 cm³/mol. The Morgan fingerprint density at radius 3 is 3.00 bits per heavy atom. The molecule has 1 amide bonds. The van der Waals surface area contributed by atoms with Crippen molar-refractivity contribution in [3.63, 3.8) is 0 Å². The summed E-state index contributed by atoms with van der Waals surface area (Å²) in [4.78, 5) is 14.4. The summed E-state index contributed by atoms with van der Waals surface area (Å²) < 4.78 is 13.9. The van der Waals surface area contributed by atoms with E-state index in [4.69, 9.17) is 11.6 Å². The summed E-state index contributed by atoms with van der Waals surface area (Å²) in [5, 5.41) is 3.69. The molecule has 1 saturated heterocycles. The van der Waals surface area contributed by atoms with Gasteiger partial charge in [-0.25, -0.2) is 4.39 Å². The lowest BCUT2D eigenvalue weighted by atomic mass is 10.1. The van der Waals surface area contributed by atoms with E-state index >= 15 is 0 Å². The van der Waals surface area contributed by atoms with Crippen LogP contribution >= 0.6 is 11.6 Å². The van der Waals surface area contributed by atoms with Gasteiger partial charge in [0.1, 0.15) is 5.82 Å². The van der Waals surface area contributed by atoms with E-state index in [2.05, 4.69) is 5.32 Å². The molecule has 1 heterocycles. The summed E-state index contributed by atoms with van der Waals surface area (Å²) in [5.41, 5.74) is 0.510. The number of carbonyl (C=O) groups excluding carboxylic acids is 1. The second-order valence-electron chi connectivity index (χ2n) is 5.67. The van der Waals surface area contributed by atoms with Crippen molar-refractivity contribution in [3.05, 3.63) is 34.6 Å². The summed E-state index contributed by atoms with van der Waals surface area (Å²) in [6, 6.07) is 4.90. The van der Waals surface area contributed by atoms with Crippen LogP contribution in [0.5, 0.6) is 0 Å². The third-order valence-electron chi connectivity index (χ3n) is 4.26. The Labute approximate surface area is 123 Å². The predicted octanol–water partition coefficient (Wildman–Crippen LogP) is 2.40. The number of rotatable bonds is 2. The lowest BCUT2D eigenvalue weighted by Crippen LogP contribution is -2.52. The average Bonchev–Trinajstić information content (AvgIpc) is 3.18. The van der Waals surface area contributed by atoms with Gasteiger partial charge >= 0.3 is 0 Å². The van der Waals surface area contributed by atoms with Crippen LogP contribution in [-0.2, 0) is 4.79 Å². The van der Waals surface area contributed by atoms with Crippen LogP contribution in [0.4, 0.5) is 4.39 Å². The first-order chi connectivity index (χ1) is 9.59. The highest BCUT2D eigenvalue weighted by atomic mass is 35.5. The van der Waals surface area contributed by atoms with Crippen LogP contribution in [0.1, 0.15) is 24.8 Å². The molecule has 0 bridgehead atoms. The summed E-state index contributed by atoms with van der Waals surface area (Å²) >= 11 is 6.07. The number of benzene rings is 1. The molecule has 0 spiro atoms. The minimum Gasteiger partial charge on any atom is -0.337 e. The van der Waals surface area contributed by atoms with Gasteiger partial charge in [0.2, 0.25) is 5.91 Å². The fourth-order valence-corrected chi connectivity index (χ4v) is 3.34. The quantitative estimate of drug-likeness (QED) is 0.909. The van der Waals surface area contributed by atoms with Crippen molar-refractivity contribution in [2.45, 2.75) is 25.3 Å². The van der Waals surface area contributed by atoms with E-state index in [1.807, 2.05) is 11.8 Å². The van der Waals surface area contributed by atoms with Gasteiger partial charge in [0.05, 0.1) is 0 Å². The summed E-state index contributed by atoms with van der Waals surface area (Å²) in [5.74, 6) is -0.322. The number of halogens is 2. The van der Waals surface area contributed by atoms with Crippen LogP contribution in [0.3, 0.4) is 0 Å². The number of hydrogen-bond acceptors (Lipinski definition) is 2. The van der Waals surface area contributed by atoms with E-state index in [-0.39, 0.29) is 29.6 Å². The maximum Gasteiger partial charge on any atom is 0.226 e. The van der Waals surface area contributed by atoms with Gasteiger partial charge in [-0.15, -0.1) is 0 Å². The molecule has 20 heavy (non-hydrogen) atoms. The van der Waals surface area contributed by atoms with E-state index in [1.165, 1.54) is 6.07 Å². The largest absolute Gasteiger partial charge is 0.337 e. The van der Waals surface area contributed by atoms with Crippen molar-refractivity contribution in [2.24, 2.45) is 5.92 Å². The molecule has 0 aromatic heterocycles. The molecule has 1 aliphatic carbocycles. The second-order valence-corrected chi connectivity index (χ2v) is 6.08. The van der Waals surface area contributed by atoms with Crippen molar-refractivity contribution >= 4 is 17.5 Å². The highest BCUT2D eigenvalue weighted by Gasteiger charge is 2.48. The fourth-order valence-electron chi connectivity index (χ4n) is 3.03. The zero-order valence-electron chi connectivity index (χ0n) is 11.4. The van der Waals surface area contributed by atoms with Crippen LogP contribution in [-0.4, -0.2) is 36.5 Å². The Kier molecular flexibility index (Phi) is 3.69. The Morgan fingerprint density at radius 2 is 2.30 bits per heavy atom. The molecule has 0 radical (unpaired) electrons. The standard InChI is InChI=1S/C15H18ClFN2O/c1-9-8-18-5-6-19(9)15(20)11-7-10(11)14-12(16)3-2-4-13(14)17/h2-4,9-11,18H,5-8H2,1H3/t9-,10+,11-/m1/s1. The van der Waals surface area contributed by atoms with Crippen LogP contribution in [0.25, 0.3) is 0 Å². The molecule has 3 rings (SSSR count). The maximum atomic E-state index is 13.9. The van der Waals surface area contributed by atoms with Crippen LogP contribution in [0.15, 0.2) is 18.2 Å². The highest BCUT2D eigenvalue weighted by molar-refractivity contribution is 6.31. The Morgan fingerprint density at radius 1 is 1.50 bits per heavy atom. The number of hydrogen-bond donors (Lipinski definition) is 1. The third kappa shape index (κ3) is 2.42. The zero-order chi connectivity index (χ0) is 14.3. The minimum absolute atomic E-state index is 0.0571. The molecule has 1 aromatic rings. The summed E-state index contributed by atoms with van der Waals surface area (Å²) in [6.07, 6.45) is 0.704. The van der Waals surface area contributed by atoms with E-state index in [0.29, 0.717) is 17.0 Å². The normalized spacial score (nSPS) is 29.4. The fraction of sp³-hybridized carbons (Fsp3) is 0.533. The molecular formula is C15H18ClFN2O. The third-order valence-corrected chi connectivity index (χ3v) is 4.59. The van der Waals surface area contributed by atoms with Gasteiger partial charge < -0.3 is 10.2 Å². The van der Waals surface area contributed by atoms with E-state index < -0.39 is 0 Å². The molecule has 1 aliphatic heterocycles. The number of amides is 1. The van der Waals surface area contributed by atoms with Crippen molar-refractivity contribution in [1.29, 1.82) is 0 Å². The molecular weight excluding hydrogens is 279 g/mol. The first-order valence-electron chi connectivity index (χ1n) is 7.04. The van der Waals surface area contributed by atoms with Crippen molar-refractivity contribution in [2.75, 3.05) is 19.6 Å². The lowest BCUT2D eigenvalue weighted by molar-refractivity contribution is -0.135. The SMILES string of the molecule is C[C@@H]1CNCCN1C(=O)[C@@H]1C[C@@H]1c1c(F)cccc1Cl. The molecule has 0 unspecified atom stereocenters. The molecule has 3 nitrogen and oxygen atoms in total. The monoisotopic (exact) mass is 296 g/mol. The Bertz CT molecular complexity index is 516. The van der Waals surface area contributed by atoms with Gasteiger partial charge in [-0.05, 0) is 25.5 Å². The summed E-state index contributed by atoms with van der Waals surface area (Å²) in [6.45, 7) is 4.42. The molecule has 3 atom stereocenters. The number of nitrogens with zero attached hydrogens (tertiary/aromatic N) is 1. The van der Waals surface area contributed by atoms with E-state index in [0.717, 1.165) is 19.6 Å². The van der Waals surface area contributed by atoms with Crippen molar-refractivity contribution in [1.82, 2.24) is 10.2 Å². The Hall–Kier alpha value is -1.13. The second kappa shape index (κ2) is 5.34. The van der Waals surface area contributed by atoms with Gasteiger partial charge in [0.25, 0.3) is 0 Å². The molecule has 108 valence electrons. The molecule has 5 heteroatoms. The van der Waals surface area contributed by atoms with Crippen LogP contribution in [0, 0.1) is 11.7 Å². The van der Waals surface area contributed by atoms with Gasteiger partial charge in [-0.1, -0.05) is 17.7 Å². The minimum atomic E-state index is -0.300.